The van der Waals surface area contributed by atoms with Crippen molar-refractivity contribution in [2.75, 3.05) is 0 Å². The predicted octanol–water partition coefficient (Wildman–Crippen LogP) is 7.17. The molecule has 0 bridgehead atoms. The van der Waals surface area contributed by atoms with Crippen molar-refractivity contribution >= 4 is 0 Å². The summed E-state index contributed by atoms with van der Waals surface area (Å²) < 4.78 is 0. The second kappa shape index (κ2) is 9.11. The number of hydrogen-bond acceptors (Lipinski definition) is 0. The molecule has 0 amide bonds. The second-order valence-corrected chi connectivity index (χ2v) is 7.64. The van der Waals surface area contributed by atoms with Crippen LogP contribution >= 0.6 is 0 Å². The summed E-state index contributed by atoms with van der Waals surface area (Å²) in [4.78, 5) is 0. The molecule has 2 aliphatic rings. The van der Waals surface area contributed by atoms with E-state index >= 15 is 0 Å². The van der Waals surface area contributed by atoms with Crippen molar-refractivity contribution in [2.45, 2.75) is 65.7 Å². The molecule has 0 saturated heterocycles. The Labute approximate surface area is 143 Å². The summed E-state index contributed by atoms with van der Waals surface area (Å²) >= 11 is 0. The van der Waals surface area contributed by atoms with Crippen molar-refractivity contribution in [3.05, 3.63) is 59.8 Å². The minimum Gasteiger partial charge on any atom is -0.100 e. The molecule has 0 saturated carbocycles. The molecule has 0 aromatic rings. The van der Waals surface area contributed by atoms with Crippen LogP contribution in [0, 0.1) is 17.8 Å². The van der Waals surface area contributed by atoms with Crippen LogP contribution < -0.4 is 0 Å². The van der Waals surface area contributed by atoms with Crippen LogP contribution in [0.25, 0.3) is 0 Å². The van der Waals surface area contributed by atoms with E-state index in [1.807, 2.05) is 0 Å². The Hall–Kier alpha value is -1.30. The topological polar surface area (TPSA) is 0 Å². The molecule has 0 aliphatic heterocycles. The molecule has 0 aromatic carbocycles. The Morgan fingerprint density at radius 3 is 2.87 bits per heavy atom. The largest absolute Gasteiger partial charge is 0.100 e. The summed E-state index contributed by atoms with van der Waals surface area (Å²) in [6.07, 6.45) is 23.0. The summed E-state index contributed by atoms with van der Waals surface area (Å²) in [7, 11) is 0. The van der Waals surface area contributed by atoms with Crippen molar-refractivity contribution in [1.29, 1.82) is 0 Å². The molecule has 23 heavy (non-hydrogen) atoms. The first-order valence-electron chi connectivity index (χ1n) is 9.43. The highest BCUT2D eigenvalue weighted by Crippen LogP contribution is 2.37. The van der Waals surface area contributed by atoms with Gasteiger partial charge in [-0.1, -0.05) is 66.5 Å². The van der Waals surface area contributed by atoms with Gasteiger partial charge in [0, 0.05) is 0 Å². The van der Waals surface area contributed by atoms with Gasteiger partial charge in [-0.2, -0.15) is 0 Å². The van der Waals surface area contributed by atoms with Gasteiger partial charge in [0.2, 0.25) is 0 Å². The molecule has 3 atom stereocenters. The van der Waals surface area contributed by atoms with E-state index in [0.29, 0.717) is 0 Å². The molecule has 0 N–H and O–H groups in total. The van der Waals surface area contributed by atoms with Crippen LogP contribution in [-0.2, 0) is 0 Å². The van der Waals surface area contributed by atoms with Gasteiger partial charge in [0.15, 0.2) is 0 Å². The molecular formula is C23H34. The summed E-state index contributed by atoms with van der Waals surface area (Å²) in [5.41, 5.74) is 4.26. The Morgan fingerprint density at radius 2 is 2.13 bits per heavy atom. The van der Waals surface area contributed by atoms with Gasteiger partial charge < -0.3 is 0 Å². The maximum absolute atomic E-state index is 4.15. The third-order valence-electron chi connectivity index (χ3n) is 5.24. The third-order valence-corrected chi connectivity index (χ3v) is 5.24. The van der Waals surface area contributed by atoms with Gasteiger partial charge in [0.05, 0.1) is 0 Å². The smallest absolute Gasteiger partial charge is 0.0158 e. The van der Waals surface area contributed by atoms with Gasteiger partial charge in [-0.25, -0.2) is 0 Å². The van der Waals surface area contributed by atoms with Crippen LogP contribution in [0.4, 0.5) is 0 Å². The lowest BCUT2D eigenvalue weighted by Gasteiger charge is -2.31. The molecule has 0 spiro atoms. The normalized spacial score (nSPS) is 25.5. The van der Waals surface area contributed by atoms with Gasteiger partial charge in [-0.05, 0) is 70.1 Å². The maximum Gasteiger partial charge on any atom is -0.0158 e. The van der Waals surface area contributed by atoms with Gasteiger partial charge in [0.25, 0.3) is 0 Å². The van der Waals surface area contributed by atoms with Crippen LogP contribution in [-0.4, -0.2) is 0 Å². The first-order valence-corrected chi connectivity index (χ1v) is 9.43. The lowest BCUT2D eigenvalue weighted by Crippen LogP contribution is -2.20. The van der Waals surface area contributed by atoms with Gasteiger partial charge in [0.1, 0.15) is 0 Å². The van der Waals surface area contributed by atoms with Crippen LogP contribution in [0.15, 0.2) is 59.8 Å². The lowest BCUT2D eigenvalue weighted by molar-refractivity contribution is 0.284. The first kappa shape index (κ1) is 18.0. The van der Waals surface area contributed by atoms with Gasteiger partial charge in [-0.15, -0.1) is 6.58 Å². The number of allylic oxidation sites excluding steroid dienone is 9. The van der Waals surface area contributed by atoms with Crippen molar-refractivity contribution in [1.82, 2.24) is 0 Å². The van der Waals surface area contributed by atoms with E-state index in [4.69, 9.17) is 0 Å². The number of hydrogen-bond donors (Lipinski definition) is 0. The third kappa shape index (κ3) is 6.01. The molecule has 0 heterocycles. The van der Waals surface area contributed by atoms with Crippen LogP contribution in [0.2, 0.25) is 0 Å². The minimum absolute atomic E-state index is 0.751. The predicted molar refractivity (Wildman–Crippen MR) is 103 cm³/mol. The van der Waals surface area contributed by atoms with E-state index in [1.54, 1.807) is 0 Å². The molecular weight excluding hydrogens is 276 g/mol. The highest BCUT2D eigenvalue weighted by atomic mass is 14.3. The van der Waals surface area contributed by atoms with E-state index in [9.17, 15) is 0 Å². The Balaban J connectivity index is 1.96. The summed E-state index contributed by atoms with van der Waals surface area (Å²) in [5, 5.41) is 0. The molecule has 0 fully saturated rings. The zero-order valence-corrected chi connectivity index (χ0v) is 15.4. The van der Waals surface area contributed by atoms with Crippen molar-refractivity contribution in [3.63, 3.8) is 0 Å². The van der Waals surface area contributed by atoms with E-state index in [0.717, 1.165) is 24.2 Å². The van der Waals surface area contributed by atoms with Crippen LogP contribution in [0.1, 0.15) is 65.7 Å². The standard InChI is InChI=1S/C23H34/c1-5-8-22(15-18(2)3)23-12-7-11-21(17-23)16-20-10-6-9-19(4)13-14-20/h7,9-10,12-14,21-23H,2,5-6,8,11,15-17H2,1,3-4H3. The molecule has 126 valence electrons. The van der Waals surface area contributed by atoms with Gasteiger partial charge in [-0.3, -0.25) is 0 Å². The van der Waals surface area contributed by atoms with Gasteiger partial charge >= 0.3 is 0 Å². The molecule has 0 nitrogen and oxygen atoms in total. The quantitative estimate of drug-likeness (QED) is 0.437. The fraction of sp³-hybridized carbons (Fsp3) is 0.565. The van der Waals surface area contributed by atoms with Crippen molar-refractivity contribution < 1.29 is 0 Å². The van der Waals surface area contributed by atoms with Crippen LogP contribution in [0.5, 0.6) is 0 Å². The summed E-state index contributed by atoms with van der Waals surface area (Å²) in [6.45, 7) is 10.8. The Bertz CT molecular complexity index is 512. The zero-order valence-electron chi connectivity index (χ0n) is 15.4. The lowest BCUT2D eigenvalue weighted by atomic mass is 9.74. The van der Waals surface area contributed by atoms with Crippen molar-refractivity contribution in [3.8, 4) is 0 Å². The maximum atomic E-state index is 4.15. The Kier molecular flexibility index (Phi) is 7.15. The van der Waals surface area contributed by atoms with E-state index in [1.165, 1.54) is 55.2 Å². The van der Waals surface area contributed by atoms with Crippen LogP contribution in [0.3, 0.4) is 0 Å². The summed E-state index contributed by atoms with van der Waals surface area (Å²) in [6, 6.07) is 0. The van der Waals surface area contributed by atoms with E-state index < -0.39 is 0 Å². The monoisotopic (exact) mass is 310 g/mol. The average Bonchev–Trinajstić information content (AvgIpc) is 2.71. The fourth-order valence-corrected chi connectivity index (χ4v) is 4.06. The molecule has 0 heteroatoms. The molecule has 2 aliphatic carbocycles. The summed E-state index contributed by atoms with van der Waals surface area (Å²) in [5.74, 6) is 2.35. The van der Waals surface area contributed by atoms with Crippen molar-refractivity contribution in [2.24, 2.45) is 17.8 Å². The molecule has 0 radical (unpaired) electrons. The van der Waals surface area contributed by atoms with E-state index in [2.05, 4.69) is 63.8 Å². The number of rotatable bonds is 7. The van der Waals surface area contributed by atoms with E-state index in [-0.39, 0.29) is 0 Å². The highest BCUT2D eigenvalue weighted by molar-refractivity contribution is 5.31. The minimum atomic E-state index is 0.751. The SMILES string of the molecule is C=C(C)CC(CCC)C1C=CCC(CC2=CCC=C(C)C=C2)C1. The second-order valence-electron chi connectivity index (χ2n) is 7.64. The molecule has 0 aromatic heterocycles. The molecule has 3 unspecified atom stereocenters. The molecule has 2 rings (SSSR count). The first-order chi connectivity index (χ1) is 11.1. The highest BCUT2D eigenvalue weighted by Gasteiger charge is 2.25. The zero-order chi connectivity index (χ0) is 16.7. The average molecular weight is 311 g/mol. The fourth-order valence-electron chi connectivity index (χ4n) is 4.06. The Morgan fingerprint density at radius 1 is 1.30 bits per heavy atom.